The summed E-state index contributed by atoms with van der Waals surface area (Å²) < 4.78 is 11.8. The Kier molecular flexibility index (Phi) is 9.49. The van der Waals surface area contributed by atoms with Gasteiger partial charge >= 0.3 is 0 Å². The minimum atomic E-state index is -0.105. The molecular formula is C34H50N8O3. The number of anilines is 4. The fraction of sp³-hybridized carbons (Fsp3) is 0.618. The summed E-state index contributed by atoms with van der Waals surface area (Å²) in [5, 5.41) is 6.51. The Morgan fingerprint density at radius 3 is 2.62 bits per heavy atom. The fourth-order valence-corrected chi connectivity index (χ4v) is 6.94. The number of methoxy groups -OCH3 is 1. The highest BCUT2D eigenvalue weighted by molar-refractivity contribution is 5.97. The molecule has 1 saturated carbocycles. The summed E-state index contributed by atoms with van der Waals surface area (Å²) in [4.78, 5) is 32.5. The van der Waals surface area contributed by atoms with E-state index in [1.807, 2.05) is 25.4 Å². The number of piperazine rings is 1. The van der Waals surface area contributed by atoms with Crippen molar-refractivity contribution in [3.8, 4) is 5.75 Å². The Bertz CT molecular complexity index is 1390. The molecule has 11 nitrogen and oxygen atoms in total. The molecule has 1 aromatic heterocycles. The molecule has 3 aliphatic heterocycles. The molecule has 6 rings (SSSR count). The van der Waals surface area contributed by atoms with Crippen LogP contribution in [0, 0.1) is 5.92 Å². The molecule has 0 bridgehead atoms. The molecule has 1 aromatic carbocycles. The number of ether oxygens (including phenoxy) is 2. The van der Waals surface area contributed by atoms with E-state index in [0.29, 0.717) is 36.8 Å². The summed E-state index contributed by atoms with van der Waals surface area (Å²) in [6.07, 6.45) is 6.18. The second-order valence-electron chi connectivity index (χ2n) is 13.2. The SMILES string of the molecule is C=C1C(CC)N(C(C)C)c2nc(Nc3ccc(C(=O)NCC(CN4CCN(CC5CC5)CC4)OC)c4c3OCC4)ncc2N1C. The Balaban J connectivity index is 1.11. The smallest absolute Gasteiger partial charge is 0.251 e. The standard InChI is InChI=1S/C34H50N8O3/c1-7-29-23(4)39(5)30-19-36-34(38-32(30)42(29)22(2)3)37-28-11-10-27(26-12-17-45-31(26)28)33(43)35-18-25(44-6)21-41-15-13-40(14-16-41)20-24-8-9-24/h10-11,19,22,24-25,29H,4,7-9,12-18,20-21H2,1-3,5-6H3,(H,35,43)(H,36,37,38). The van der Waals surface area contributed by atoms with Crippen molar-refractivity contribution in [1.82, 2.24) is 25.1 Å². The highest BCUT2D eigenvalue weighted by Crippen LogP contribution is 2.41. The van der Waals surface area contributed by atoms with Crippen LogP contribution in [0.3, 0.4) is 0 Å². The normalized spacial score (nSPS) is 21.0. The molecule has 45 heavy (non-hydrogen) atoms. The van der Waals surface area contributed by atoms with E-state index in [1.165, 1.54) is 19.4 Å². The monoisotopic (exact) mass is 618 g/mol. The Hall–Kier alpha value is -3.41. The zero-order chi connectivity index (χ0) is 31.7. The maximum Gasteiger partial charge on any atom is 0.251 e. The first-order valence-electron chi connectivity index (χ1n) is 16.7. The van der Waals surface area contributed by atoms with Crippen LogP contribution < -0.4 is 25.2 Å². The van der Waals surface area contributed by atoms with Gasteiger partial charge < -0.3 is 34.8 Å². The lowest BCUT2D eigenvalue weighted by Crippen LogP contribution is -2.50. The van der Waals surface area contributed by atoms with Crippen LogP contribution in [0.5, 0.6) is 5.75 Å². The molecule has 2 atom stereocenters. The van der Waals surface area contributed by atoms with Crippen molar-refractivity contribution >= 4 is 29.0 Å². The number of likely N-dealkylation sites (N-methyl/N-ethyl adjacent to an activating group) is 1. The third-order valence-corrected chi connectivity index (χ3v) is 9.76. The molecule has 2 unspecified atom stereocenters. The largest absolute Gasteiger partial charge is 0.491 e. The second kappa shape index (κ2) is 13.5. The van der Waals surface area contributed by atoms with Crippen LogP contribution in [-0.4, -0.2) is 110 Å². The van der Waals surface area contributed by atoms with Crippen molar-refractivity contribution in [3.05, 3.63) is 41.7 Å². The molecule has 4 aliphatic rings. The van der Waals surface area contributed by atoms with E-state index < -0.39 is 0 Å². The van der Waals surface area contributed by atoms with Gasteiger partial charge in [-0.05, 0) is 51.2 Å². The molecule has 1 saturated heterocycles. The Morgan fingerprint density at radius 1 is 1.18 bits per heavy atom. The molecule has 0 radical (unpaired) electrons. The molecule has 244 valence electrons. The molecule has 2 fully saturated rings. The number of fused-ring (bicyclic) bond motifs is 2. The lowest BCUT2D eigenvalue weighted by atomic mass is 10.0. The summed E-state index contributed by atoms with van der Waals surface area (Å²) in [7, 11) is 3.75. The molecule has 2 aromatic rings. The third kappa shape index (κ3) is 6.76. The van der Waals surface area contributed by atoms with Crippen LogP contribution in [0.25, 0.3) is 0 Å². The number of carbonyl (C=O) groups is 1. The van der Waals surface area contributed by atoms with Gasteiger partial charge in [-0.2, -0.15) is 4.98 Å². The Labute approximate surface area is 268 Å². The third-order valence-electron chi connectivity index (χ3n) is 9.76. The highest BCUT2D eigenvalue weighted by Gasteiger charge is 2.35. The predicted octanol–water partition coefficient (Wildman–Crippen LogP) is 3.88. The van der Waals surface area contributed by atoms with E-state index in [0.717, 1.165) is 73.5 Å². The average molecular weight is 619 g/mol. The van der Waals surface area contributed by atoms with E-state index in [2.05, 4.69) is 62.6 Å². The lowest BCUT2D eigenvalue weighted by Gasteiger charge is -2.45. The topological polar surface area (TPSA) is 98.3 Å². The molecule has 1 aliphatic carbocycles. The van der Waals surface area contributed by atoms with Gasteiger partial charge in [-0.3, -0.25) is 9.69 Å². The summed E-state index contributed by atoms with van der Waals surface area (Å²) in [5.74, 6) is 2.88. The van der Waals surface area contributed by atoms with Crippen LogP contribution in [-0.2, 0) is 11.2 Å². The molecule has 4 heterocycles. The number of amides is 1. The van der Waals surface area contributed by atoms with Crippen LogP contribution >= 0.6 is 0 Å². The van der Waals surface area contributed by atoms with Crippen molar-refractivity contribution in [2.24, 2.45) is 5.92 Å². The first-order chi connectivity index (χ1) is 21.8. The first kappa shape index (κ1) is 31.6. The molecule has 2 N–H and O–H groups in total. The molecule has 1 amide bonds. The van der Waals surface area contributed by atoms with Crippen molar-refractivity contribution < 1.29 is 14.3 Å². The number of nitrogens with one attached hydrogen (secondary N) is 2. The van der Waals surface area contributed by atoms with E-state index in [1.54, 1.807) is 7.11 Å². The van der Waals surface area contributed by atoms with Crippen LogP contribution in [0.15, 0.2) is 30.6 Å². The van der Waals surface area contributed by atoms with Crippen LogP contribution in [0.4, 0.5) is 23.1 Å². The van der Waals surface area contributed by atoms with Crippen molar-refractivity contribution in [2.75, 3.05) is 81.7 Å². The number of hydrogen-bond acceptors (Lipinski definition) is 10. The van der Waals surface area contributed by atoms with Crippen molar-refractivity contribution in [2.45, 2.75) is 64.6 Å². The number of rotatable bonds is 12. The predicted molar refractivity (Wildman–Crippen MR) is 179 cm³/mol. The van der Waals surface area contributed by atoms with Gasteiger partial charge in [0.1, 0.15) is 11.4 Å². The minimum Gasteiger partial charge on any atom is -0.491 e. The maximum absolute atomic E-state index is 13.4. The van der Waals surface area contributed by atoms with E-state index in [9.17, 15) is 4.79 Å². The molecular weight excluding hydrogens is 568 g/mol. The van der Waals surface area contributed by atoms with E-state index >= 15 is 0 Å². The van der Waals surface area contributed by atoms with Crippen LogP contribution in [0.2, 0.25) is 0 Å². The zero-order valence-electron chi connectivity index (χ0n) is 27.6. The number of aromatic nitrogens is 2. The maximum atomic E-state index is 13.4. The number of benzene rings is 1. The lowest BCUT2D eigenvalue weighted by molar-refractivity contribution is 0.0410. The summed E-state index contributed by atoms with van der Waals surface area (Å²) in [6.45, 7) is 18.3. The van der Waals surface area contributed by atoms with Gasteiger partial charge in [0, 0.05) is 89.3 Å². The first-order valence-corrected chi connectivity index (χ1v) is 16.7. The second-order valence-corrected chi connectivity index (χ2v) is 13.2. The van der Waals surface area contributed by atoms with E-state index in [-0.39, 0.29) is 24.1 Å². The van der Waals surface area contributed by atoms with Gasteiger partial charge in [-0.15, -0.1) is 0 Å². The van der Waals surface area contributed by atoms with Gasteiger partial charge in [0.05, 0.1) is 30.6 Å². The molecule has 11 heteroatoms. The quantitative estimate of drug-likeness (QED) is 0.365. The van der Waals surface area contributed by atoms with Gasteiger partial charge in [-0.25, -0.2) is 4.98 Å². The summed E-state index contributed by atoms with van der Waals surface area (Å²) in [5.41, 5.74) is 4.28. The number of nitrogens with zero attached hydrogens (tertiary/aromatic N) is 6. The van der Waals surface area contributed by atoms with Gasteiger partial charge in [0.25, 0.3) is 5.91 Å². The van der Waals surface area contributed by atoms with Gasteiger partial charge in [-0.1, -0.05) is 13.5 Å². The summed E-state index contributed by atoms with van der Waals surface area (Å²) in [6, 6.07) is 4.16. The van der Waals surface area contributed by atoms with Gasteiger partial charge in [0.15, 0.2) is 5.82 Å². The van der Waals surface area contributed by atoms with E-state index in [4.69, 9.17) is 14.5 Å². The van der Waals surface area contributed by atoms with Crippen LogP contribution in [0.1, 0.15) is 56.0 Å². The highest BCUT2D eigenvalue weighted by atomic mass is 16.5. The van der Waals surface area contributed by atoms with Crippen molar-refractivity contribution in [3.63, 3.8) is 0 Å². The minimum absolute atomic E-state index is 0.0655. The Morgan fingerprint density at radius 2 is 1.93 bits per heavy atom. The summed E-state index contributed by atoms with van der Waals surface area (Å²) >= 11 is 0. The number of hydrogen-bond donors (Lipinski definition) is 2. The zero-order valence-corrected chi connectivity index (χ0v) is 27.6. The average Bonchev–Trinajstić information content (AvgIpc) is 3.72. The molecule has 0 spiro atoms. The van der Waals surface area contributed by atoms with Crippen molar-refractivity contribution in [1.29, 1.82) is 0 Å². The fourth-order valence-electron chi connectivity index (χ4n) is 6.94. The van der Waals surface area contributed by atoms with Gasteiger partial charge in [0.2, 0.25) is 5.95 Å². The number of carbonyl (C=O) groups excluding carboxylic acids is 1.